The van der Waals surface area contributed by atoms with E-state index in [2.05, 4.69) is 19.9 Å². The van der Waals surface area contributed by atoms with Crippen LogP contribution in [-0.4, -0.2) is 5.11 Å². The lowest BCUT2D eigenvalue weighted by Crippen LogP contribution is -1.98. The molecule has 1 aromatic carbocycles. The van der Waals surface area contributed by atoms with E-state index in [1.807, 2.05) is 12.1 Å². The molecule has 13 heavy (non-hydrogen) atoms. The van der Waals surface area contributed by atoms with E-state index in [1.54, 1.807) is 6.07 Å². The molecule has 0 spiro atoms. The van der Waals surface area contributed by atoms with Crippen LogP contribution in [0.1, 0.15) is 32.3 Å². The van der Waals surface area contributed by atoms with Crippen LogP contribution in [0, 0.1) is 5.92 Å². The Labute approximate surface area is 80.4 Å². The van der Waals surface area contributed by atoms with Crippen LogP contribution in [0.3, 0.4) is 0 Å². The van der Waals surface area contributed by atoms with Crippen LogP contribution in [0.15, 0.2) is 24.3 Å². The van der Waals surface area contributed by atoms with Gasteiger partial charge in [-0.25, -0.2) is 0 Å². The molecule has 0 aliphatic heterocycles. The van der Waals surface area contributed by atoms with Crippen molar-refractivity contribution in [2.45, 2.75) is 33.1 Å². The molecule has 0 saturated carbocycles. The average molecular weight is 178 g/mol. The molecule has 0 aliphatic rings. The number of hydrogen-bond acceptors (Lipinski definition) is 1. The van der Waals surface area contributed by atoms with Crippen molar-refractivity contribution in [2.75, 3.05) is 0 Å². The Morgan fingerprint density at radius 2 is 2.15 bits per heavy atom. The number of phenolic OH excluding ortho intramolecular Hbond substituents is 1. The zero-order valence-corrected chi connectivity index (χ0v) is 8.46. The molecule has 1 atom stereocenters. The van der Waals surface area contributed by atoms with Gasteiger partial charge in [0, 0.05) is 0 Å². The van der Waals surface area contributed by atoms with E-state index in [9.17, 15) is 5.11 Å². The monoisotopic (exact) mass is 178 g/mol. The topological polar surface area (TPSA) is 20.2 Å². The standard InChI is InChI=1S/C12H18O/c1-3-5-10(2)8-11-6-4-7-12(13)9-11/h4,6-7,9-10,13H,3,5,8H2,1-2H3/t10-/m0/s1. The van der Waals surface area contributed by atoms with Gasteiger partial charge >= 0.3 is 0 Å². The Morgan fingerprint density at radius 1 is 1.38 bits per heavy atom. The second kappa shape index (κ2) is 4.90. The summed E-state index contributed by atoms with van der Waals surface area (Å²) in [6.45, 7) is 4.46. The van der Waals surface area contributed by atoms with E-state index in [0.29, 0.717) is 11.7 Å². The van der Waals surface area contributed by atoms with Crippen molar-refractivity contribution in [3.05, 3.63) is 29.8 Å². The van der Waals surface area contributed by atoms with E-state index in [1.165, 1.54) is 18.4 Å². The van der Waals surface area contributed by atoms with Gasteiger partial charge < -0.3 is 5.11 Å². The summed E-state index contributed by atoms with van der Waals surface area (Å²) in [4.78, 5) is 0. The fourth-order valence-electron chi connectivity index (χ4n) is 1.68. The lowest BCUT2D eigenvalue weighted by molar-refractivity contribution is 0.472. The average Bonchev–Trinajstić information content (AvgIpc) is 2.04. The summed E-state index contributed by atoms with van der Waals surface area (Å²) < 4.78 is 0. The molecular weight excluding hydrogens is 160 g/mol. The van der Waals surface area contributed by atoms with Gasteiger partial charge in [-0.3, -0.25) is 0 Å². The molecule has 0 fully saturated rings. The fourth-order valence-corrected chi connectivity index (χ4v) is 1.68. The van der Waals surface area contributed by atoms with E-state index in [-0.39, 0.29) is 0 Å². The molecule has 0 radical (unpaired) electrons. The van der Waals surface area contributed by atoms with Gasteiger partial charge in [0.1, 0.15) is 5.75 Å². The molecule has 1 nitrogen and oxygen atoms in total. The van der Waals surface area contributed by atoms with Gasteiger partial charge in [0.25, 0.3) is 0 Å². The highest BCUT2D eigenvalue weighted by atomic mass is 16.3. The maximum atomic E-state index is 9.26. The third-order valence-electron chi connectivity index (χ3n) is 2.28. The Balaban J connectivity index is 2.53. The highest BCUT2D eigenvalue weighted by molar-refractivity contribution is 5.27. The van der Waals surface area contributed by atoms with Crippen LogP contribution in [-0.2, 0) is 6.42 Å². The van der Waals surface area contributed by atoms with Crippen molar-refractivity contribution in [3.8, 4) is 5.75 Å². The SMILES string of the molecule is CCC[C@H](C)Cc1cccc(O)c1. The normalized spacial score (nSPS) is 12.8. The maximum Gasteiger partial charge on any atom is 0.115 e. The predicted octanol–water partition coefficient (Wildman–Crippen LogP) is 3.37. The van der Waals surface area contributed by atoms with Crippen molar-refractivity contribution in [1.82, 2.24) is 0 Å². The summed E-state index contributed by atoms with van der Waals surface area (Å²) in [5.41, 5.74) is 1.24. The Morgan fingerprint density at radius 3 is 2.77 bits per heavy atom. The number of hydrogen-bond donors (Lipinski definition) is 1. The first-order valence-corrected chi connectivity index (χ1v) is 5.00. The molecule has 1 aromatic rings. The van der Waals surface area contributed by atoms with Gasteiger partial charge in [-0.05, 0) is 30.0 Å². The number of rotatable bonds is 4. The summed E-state index contributed by atoms with van der Waals surface area (Å²) in [7, 11) is 0. The second-order valence-electron chi connectivity index (χ2n) is 3.77. The second-order valence-corrected chi connectivity index (χ2v) is 3.77. The van der Waals surface area contributed by atoms with Gasteiger partial charge in [0.2, 0.25) is 0 Å². The minimum absolute atomic E-state index is 0.376. The smallest absolute Gasteiger partial charge is 0.115 e. The zero-order valence-electron chi connectivity index (χ0n) is 8.46. The molecule has 1 heteroatoms. The van der Waals surface area contributed by atoms with Crippen molar-refractivity contribution in [3.63, 3.8) is 0 Å². The molecular formula is C12H18O. The fraction of sp³-hybridized carbons (Fsp3) is 0.500. The highest BCUT2D eigenvalue weighted by Crippen LogP contribution is 2.17. The zero-order chi connectivity index (χ0) is 9.68. The first-order valence-electron chi connectivity index (χ1n) is 5.00. The van der Waals surface area contributed by atoms with Crippen LogP contribution >= 0.6 is 0 Å². The predicted molar refractivity (Wildman–Crippen MR) is 55.9 cm³/mol. The lowest BCUT2D eigenvalue weighted by atomic mass is 9.97. The van der Waals surface area contributed by atoms with E-state index >= 15 is 0 Å². The molecule has 72 valence electrons. The van der Waals surface area contributed by atoms with Crippen molar-refractivity contribution >= 4 is 0 Å². The number of benzene rings is 1. The Bertz CT molecular complexity index is 255. The van der Waals surface area contributed by atoms with Gasteiger partial charge in [0.05, 0.1) is 0 Å². The molecule has 0 saturated heterocycles. The summed E-state index contributed by atoms with van der Waals surface area (Å²) in [6, 6.07) is 7.55. The molecule has 0 amide bonds. The largest absolute Gasteiger partial charge is 0.508 e. The summed E-state index contributed by atoms with van der Waals surface area (Å²) in [5.74, 6) is 1.09. The van der Waals surface area contributed by atoms with E-state index in [0.717, 1.165) is 6.42 Å². The molecule has 0 bridgehead atoms. The third-order valence-corrected chi connectivity index (χ3v) is 2.28. The Hall–Kier alpha value is -0.980. The molecule has 1 N–H and O–H groups in total. The van der Waals surface area contributed by atoms with Crippen LogP contribution in [0.4, 0.5) is 0 Å². The number of phenols is 1. The molecule has 1 rings (SSSR count). The first-order chi connectivity index (χ1) is 6.22. The van der Waals surface area contributed by atoms with Crippen molar-refractivity contribution in [2.24, 2.45) is 5.92 Å². The van der Waals surface area contributed by atoms with Gasteiger partial charge in [-0.2, -0.15) is 0 Å². The van der Waals surface area contributed by atoms with Crippen LogP contribution in [0.5, 0.6) is 5.75 Å². The van der Waals surface area contributed by atoms with Gasteiger partial charge in [-0.15, -0.1) is 0 Å². The minimum Gasteiger partial charge on any atom is -0.508 e. The number of aromatic hydroxyl groups is 1. The molecule has 0 aromatic heterocycles. The van der Waals surface area contributed by atoms with E-state index in [4.69, 9.17) is 0 Å². The van der Waals surface area contributed by atoms with E-state index < -0.39 is 0 Å². The van der Waals surface area contributed by atoms with Crippen molar-refractivity contribution in [1.29, 1.82) is 0 Å². The first kappa shape index (κ1) is 10.1. The van der Waals surface area contributed by atoms with Crippen molar-refractivity contribution < 1.29 is 5.11 Å². The minimum atomic E-state index is 0.376. The molecule has 0 heterocycles. The molecule has 0 unspecified atom stereocenters. The quantitative estimate of drug-likeness (QED) is 0.749. The van der Waals surface area contributed by atoms with Crippen LogP contribution in [0.2, 0.25) is 0 Å². The highest BCUT2D eigenvalue weighted by Gasteiger charge is 2.02. The molecule has 0 aliphatic carbocycles. The Kier molecular flexibility index (Phi) is 3.81. The van der Waals surface area contributed by atoms with Crippen LogP contribution < -0.4 is 0 Å². The maximum absolute atomic E-state index is 9.26. The van der Waals surface area contributed by atoms with Crippen LogP contribution in [0.25, 0.3) is 0 Å². The van der Waals surface area contributed by atoms with Gasteiger partial charge in [-0.1, -0.05) is 38.8 Å². The lowest BCUT2D eigenvalue weighted by Gasteiger charge is -2.09. The summed E-state index contributed by atoms with van der Waals surface area (Å²) in [5, 5.41) is 9.26. The van der Waals surface area contributed by atoms with Gasteiger partial charge in [0.15, 0.2) is 0 Å². The summed E-state index contributed by atoms with van der Waals surface area (Å²) in [6.07, 6.45) is 3.57. The third kappa shape index (κ3) is 3.49. The summed E-state index contributed by atoms with van der Waals surface area (Å²) >= 11 is 0.